The normalized spacial score (nSPS) is 18.7. The average Bonchev–Trinajstić information content (AvgIpc) is 2.95. The van der Waals surface area contributed by atoms with Crippen molar-refractivity contribution in [2.24, 2.45) is 0 Å². The van der Waals surface area contributed by atoms with Crippen molar-refractivity contribution < 1.29 is 14.3 Å². The molecule has 2 heterocycles. The van der Waals surface area contributed by atoms with E-state index in [-0.39, 0.29) is 11.9 Å². The van der Waals surface area contributed by atoms with Crippen LogP contribution < -0.4 is 5.32 Å². The zero-order valence-electron chi connectivity index (χ0n) is 12.9. The summed E-state index contributed by atoms with van der Waals surface area (Å²) in [6.45, 7) is 8.63. The Morgan fingerprint density at radius 2 is 2.14 bits per heavy atom. The van der Waals surface area contributed by atoms with Gasteiger partial charge in [0.05, 0.1) is 10.9 Å². The first-order valence-electron chi connectivity index (χ1n) is 7.09. The maximum Gasteiger partial charge on any atom is 0.407 e. The van der Waals surface area contributed by atoms with E-state index in [1.54, 1.807) is 4.90 Å². The molecule has 1 aromatic rings. The predicted octanol–water partition coefficient (Wildman–Crippen LogP) is 2.80. The molecule has 0 bridgehead atoms. The third-order valence-corrected chi connectivity index (χ3v) is 4.26. The molecule has 21 heavy (non-hydrogen) atoms. The summed E-state index contributed by atoms with van der Waals surface area (Å²) < 4.78 is 5.24. The summed E-state index contributed by atoms with van der Waals surface area (Å²) in [6.07, 6.45) is 0.337. The minimum absolute atomic E-state index is 0.0379. The van der Waals surface area contributed by atoms with Gasteiger partial charge in [0, 0.05) is 13.1 Å². The lowest BCUT2D eigenvalue weighted by Crippen LogP contribution is -2.41. The minimum atomic E-state index is -0.508. The Hall–Kier alpha value is -1.56. The molecule has 1 aliphatic rings. The SMILES string of the molecule is Cc1ccsc1C(=O)N1CC[C@H](NC(=O)OC(C)(C)C)C1. The maximum absolute atomic E-state index is 12.4. The number of carbonyl (C=O) groups is 2. The maximum atomic E-state index is 12.4. The van der Waals surface area contributed by atoms with Crippen molar-refractivity contribution in [3.05, 3.63) is 21.9 Å². The van der Waals surface area contributed by atoms with Gasteiger partial charge in [-0.15, -0.1) is 11.3 Å². The van der Waals surface area contributed by atoms with E-state index in [0.29, 0.717) is 13.1 Å². The Morgan fingerprint density at radius 3 is 2.71 bits per heavy atom. The predicted molar refractivity (Wildman–Crippen MR) is 82.7 cm³/mol. The van der Waals surface area contributed by atoms with E-state index in [0.717, 1.165) is 16.9 Å². The van der Waals surface area contributed by atoms with Crippen LogP contribution >= 0.6 is 11.3 Å². The fourth-order valence-corrected chi connectivity index (χ4v) is 3.16. The van der Waals surface area contributed by atoms with Gasteiger partial charge >= 0.3 is 6.09 Å². The molecule has 1 saturated heterocycles. The number of thiophene rings is 1. The molecular weight excluding hydrogens is 288 g/mol. The molecule has 2 rings (SSSR count). The number of nitrogens with one attached hydrogen (secondary N) is 1. The van der Waals surface area contributed by atoms with Crippen LogP contribution in [0, 0.1) is 6.92 Å². The third-order valence-electron chi connectivity index (χ3n) is 3.25. The summed E-state index contributed by atoms with van der Waals surface area (Å²) in [4.78, 5) is 26.7. The highest BCUT2D eigenvalue weighted by Crippen LogP contribution is 2.21. The molecule has 0 spiro atoms. The fraction of sp³-hybridized carbons (Fsp3) is 0.600. The fourth-order valence-electron chi connectivity index (χ4n) is 2.27. The summed E-state index contributed by atoms with van der Waals surface area (Å²) in [5, 5.41) is 4.75. The van der Waals surface area contributed by atoms with Crippen LogP contribution in [0.15, 0.2) is 11.4 Å². The number of aryl methyl sites for hydroxylation is 1. The molecule has 116 valence electrons. The first-order chi connectivity index (χ1) is 9.76. The molecule has 0 aliphatic carbocycles. The molecule has 0 aromatic carbocycles. The van der Waals surface area contributed by atoms with Gasteiger partial charge in [-0.25, -0.2) is 4.79 Å². The Kier molecular flexibility index (Phi) is 4.56. The molecule has 1 aliphatic heterocycles. The number of hydrogen-bond acceptors (Lipinski definition) is 4. The van der Waals surface area contributed by atoms with Crippen LogP contribution in [0.3, 0.4) is 0 Å². The van der Waals surface area contributed by atoms with Crippen LogP contribution in [0.4, 0.5) is 4.79 Å². The molecule has 5 nitrogen and oxygen atoms in total. The van der Waals surface area contributed by atoms with Crippen LogP contribution in [0.1, 0.15) is 42.4 Å². The van der Waals surface area contributed by atoms with E-state index in [1.807, 2.05) is 39.1 Å². The number of nitrogens with zero attached hydrogens (tertiary/aromatic N) is 1. The van der Waals surface area contributed by atoms with Crippen molar-refractivity contribution in [2.75, 3.05) is 13.1 Å². The number of ether oxygens (including phenoxy) is 1. The molecule has 1 aromatic heterocycles. The molecule has 1 atom stereocenters. The number of rotatable bonds is 2. The van der Waals surface area contributed by atoms with Crippen molar-refractivity contribution in [3.8, 4) is 0 Å². The van der Waals surface area contributed by atoms with Crippen LogP contribution in [0.25, 0.3) is 0 Å². The second kappa shape index (κ2) is 6.05. The smallest absolute Gasteiger partial charge is 0.407 e. The first-order valence-corrected chi connectivity index (χ1v) is 7.97. The lowest BCUT2D eigenvalue weighted by atomic mass is 10.2. The molecular formula is C15H22N2O3S. The van der Waals surface area contributed by atoms with E-state index in [9.17, 15) is 9.59 Å². The van der Waals surface area contributed by atoms with E-state index >= 15 is 0 Å². The highest BCUT2D eigenvalue weighted by molar-refractivity contribution is 7.12. The topological polar surface area (TPSA) is 58.6 Å². The Bertz CT molecular complexity index is 533. The highest BCUT2D eigenvalue weighted by atomic mass is 32.1. The molecule has 1 fully saturated rings. The zero-order valence-corrected chi connectivity index (χ0v) is 13.8. The van der Waals surface area contributed by atoms with Gasteiger partial charge in [-0.1, -0.05) is 0 Å². The zero-order chi connectivity index (χ0) is 15.6. The van der Waals surface area contributed by atoms with E-state index in [4.69, 9.17) is 4.74 Å². The Balaban J connectivity index is 1.88. The Labute approximate surface area is 129 Å². The summed E-state index contributed by atoms with van der Waals surface area (Å²) >= 11 is 1.46. The molecule has 2 amide bonds. The molecule has 1 N–H and O–H groups in total. The molecule has 0 saturated carbocycles. The number of likely N-dealkylation sites (tertiary alicyclic amines) is 1. The van der Waals surface area contributed by atoms with Gasteiger partial charge in [-0.05, 0) is 51.1 Å². The minimum Gasteiger partial charge on any atom is -0.444 e. The van der Waals surface area contributed by atoms with E-state index in [2.05, 4.69) is 5.32 Å². The summed E-state index contributed by atoms with van der Waals surface area (Å²) in [5.74, 6) is 0.0518. The van der Waals surface area contributed by atoms with Gasteiger partial charge in [-0.3, -0.25) is 4.79 Å². The van der Waals surface area contributed by atoms with Crippen LogP contribution in [0.2, 0.25) is 0 Å². The lowest BCUT2D eigenvalue weighted by Gasteiger charge is -2.22. The third kappa shape index (κ3) is 4.20. The largest absolute Gasteiger partial charge is 0.444 e. The van der Waals surface area contributed by atoms with Crippen LogP contribution in [0.5, 0.6) is 0 Å². The van der Waals surface area contributed by atoms with Crippen molar-refractivity contribution in [2.45, 2.75) is 45.8 Å². The van der Waals surface area contributed by atoms with Gasteiger partial charge in [-0.2, -0.15) is 0 Å². The first kappa shape index (κ1) is 15.8. The summed E-state index contributed by atoms with van der Waals surface area (Å²) in [7, 11) is 0. The molecule has 6 heteroatoms. The second-order valence-corrected chi connectivity index (χ2v) is 7.23. The number of amides is 2. The quantitative estimate of drug-likeness (QED) is 0.914. The Morgan fingerprint density at radius 1 is 1.43 bits per heavy atom. The van der Waals surface area contributed by atoms with E-state index in [1.165, 1.54) is 11.3 Å². The summed E-state index contributed by atoms with van der Waals surface area (Å²) in [5.41, 5.74) is 0.500. The van der Waals surface area contributed by atoms with Gasteiger partial charge in [0.2, 0.25) is 0 Å². The number of carbonyl (C=O) groups excluding carboxylic acids is 2. The van der Waals surface area contributed by atoms with Gasteiger partial charge < -0.3 is 15.0 Å². The van der Waals surface area contributed by atoms with Gasteiger partial charge in [0.25, 0.3) is 5.91 Å². The highest BCUT2D eigenvalue weighted by Gasteiger charge is 2.30. The average molecular weight is 310 g/mol. The summed E-state index contributed by atoms with van der Waals surface area (Å²) in [6, 6.07) is 1.91. The van der Waals surface area contributed by atoms with Crippen LogP contribution in [-0.2, 0) is 4.74 Å². The number of hydrogen-bond donors (Lipinski definition) is 1. The molecule has 0 radical (unpaired) electrons. The van der Waals surface area contributed by atoms with Crippen molar-refractivity contribution in [1.29, 1.82) is 0 Å². The van der Waals surface area contributed by atoms with E-state index < -0.39 is 11.7 Å². The van der Waals surface area contributed by atoms with Crippen molar-refractivity contribution >= 4 is 23.3 Å². The van der Waals surface area contributed by atoms with Gasteiger partial charge in [0.1, 0.15) is 5.60 Å². The molecule has 0 unspecified atom stereocenters. The second-order valence-electron chi connectivity index (χ2n) is 6.32. The standard InChI is InChI=1S/C15H22N2O3S/c1-10-6-8-21-12(10)13(18)17-7-5-11(9-17)16-14(19)20-15(2,3)4/h6,8,11H,5,7,9H2,1-4H3,(H,16,19)/t11-/m0/s1. The van der Waals surface area contributed by atoms with Crippen molar-refractivity contribution in [3.63, 3.8) is 0 Å². The monoisotopic (exact) mass is 310 g/mol. The van der Waals surface area contributed by atoms with Crippen LogP contribution in [-0.4, -0.2) is 41.6 Å². The van der Waals surface area contributed by atoms with Crippen molar-refractivity contribution in [1.82, 2.24) is 10.2 Å². The number of alkyl carbamates (subject to hydrolysis) is 1. The van der Waals surface area contributed by atoms with Gasteiger partial charge in [0.15, 0.2) is 0 Å². The lowest BCUT2D eigenvalue weighted by molar-refractivity contribution is 0.0502.